The summed E-state index contributed by atoms with van der Waals surface area (Å²) in [5, 5.41) is 13.2. The van der Waals surface area contributed by atoms with E-state index in [9.17, 15) is 19.7 Å². The summed E-state index contributed by atoms with van der Waals surface area (Å²) < 4.78 is 9.99. The molecule has 8 nitrogen and oxygen atoms in total. The first-order valence-corrected chi connectivity index (χ1v) is 6.60. The molecule has 0 fully saturated rings. The minimum atomic E-state index is -0.991. The van der Waals surface area contributed by atoms with Crippen LogP contribution in [0.15, 0.2) is 18.2 Å². The van der Waals surface area contributed by atoms with E-state index >= 15 is 0 Å². The predicted octanol–water partition coefficient (Wildman–Crippen LogP) is 2.13. The molecule has 8 heteroatoms. The quantitative estimate of drug-likeness (QED) is 0.490. The molecule has 1 aromatic rings. The number of rotatable bonds is 6. The first-order chi connectivity index (χ1) is 10.3. The van der Waals surface area contributed by atoms with Gasteiger partial charge in [0.2, 0.25) is 0 Å². The highest BCUT2D eigenvalue weighted by Crippen LogP contribution is 2.29. The maximum atomic E-state index is 12.0. The minimum absolute atomic E-state index is 0.143. The van der Waals surface area contributed by atoms with Crippen LogP contribution in [-0.2, 0) is 14.3 Å². The molecule has 22 heavy (non-hydrogen) atoms. The van der Waals surface area contributed by atoms with Crippen molar-refractivity contribution >= 4 is 23.3 Å². The third-order valence-electron chi connectivity index (χ3n) is 2.79. The number of carbonyl (C=O) groups is 2. The molecule has 0 bridgehead atoms. The maximum absolute atomic E-state index is 12.0. The van der Waals surface area contributed by atoms with Gasteiger partial charge in [-0.15, -0.1) is 0 Å². The van der Waals surface area contributed by atoms with Crippen LogP contribution in [0.5, 0.6) is 5.75 Å². The Morgan fingerprint density at radius 2 is 1.91 bits per heavy atom. The summed E-state index contributed by atoms with van der Waals surface area (Å²) in [6, 6.07) is 3.79. The molecule has 0 aromatic heterocycles. The largest absolute Gasteiger partial charge is 0.494 e. The van der Waals surface area contributed by atoms with Crippen molar-refractivity contribution in [1.82, 2.24) is 0 Å². The molecule has 0 aliphatic heterocycles. The zero-order valence-electron chi connectivity index (χ0n) is 12.8. The predicted molar refractivity (Wildman–Crippen MR) is 78.7 cm³/mol. The van der Waals surface area contributed by atoms with Crippen molar-refractivity contribution < 1.29 is 24.0 Å². The average molecular weight is 310 g/mol. The number of nitro groups is 1. The lowest BCUT2D eigenvalue weighted by atomic mass is 10.2. The molecule has 0 spiro atoms. The maximum Gasteiger partial charge on any atom is 0.309 e. The van der Waals surface area contributed by atoms with E-state index < -0.39 is 22.9 Å². The fourth-order valence-electron chi connectivity index (χ4n) is 1.49. The Kier molecular flexibility index (Phi) is 5.85. The lowest BCUT2D eigenvalue weighted by Crippen LogP contribution is -2.31. The van der Waals surface area contributed by atoms with Crippen LogP contribution in [0.2, 0.25) is 0 Å². The van der Waals surface area contributed by atoms with E-state index in [4.69, 9.17) is 9.47 Å². The van der Waals surface area contributed by atoms with Crippen LogP contribution in [-0.4, -0.2) is 30.0 Å². The Balaban J connectivity index is 2.83. The van der Waals surface area contributed by atoms with Crippen molar-refractivity contribution in [1.29, 1.82) is 0 Å². The van der Waals surface area contributed by atoms with Gasteiger partial charge in [-0.05, 0) is 13.0 Å². The summed E-state index contributed by atoms with van der Waals surface area (Å²) in [6.45, 7) is 4.76. The van der Waals surface area contributed by atoms with Crippen molar-refractivity contribution in [3.8, 4) is 5.75 Å². The van der Waals surface area contributed by atoms with E-state index in [2.05, 4.69) is 5.32 Å². The fraction of sp³-hybridized carbons (Fsp3) is 0.429. The van der Waals surface area contributed by atoms with Crippen LogP contribution < -0.4 is 10.1 Å². The number of nitrogens with zero attached hydrogens (tertiary/aromatic N) is 1. The topological polar surface area (TPSA) is 108 Å². The monoisotopic (exact) mass is 310 g/mol. The SMILES string of the molecule is COc1cc([N+](=O)[O-])ccc1NC(=O)[C@H](C)OC(=O)C(C)C. The Bertz CT molecular complexity index is 585. The number of nitrogens with one attached hydrogen (secondary N) is 1. The zero-order chi connectivity index (χ0) is 16.9. The van der Waals surface area contributed by atoms with Gasteiger partial charge in [-0.2, -0.15) is 0 Å². The second kappa shape index (κ2) is 7.39. The summed E-state index contributed by atoms with van der Waals surface area (Å²) >= 11 is 0. The van der Waals surface area contributed by atoms with Crippen LogP contribution in [0.3, 0.4) is 0 Å². The molecule has 0 aliphatic rings. The molecular formula is C14H18N2O6. The zero-order valence-corrected chi connectivity index (χ0v) is 12.8. The average Bonchev–Trinajstić information content (AvgIpc) is 2.46. The highest BCUT2D eigenvalue weighted by molar-refractivity contribution is 5.96. The van der Waals surface area contributed by atoms with E-state index in [1.165, 1.54) is 32.2 Å². The highest BCUT2D eigenvalue weighted by Gasteiger charge is 2.21. The first kappa shape index (κ1) is 17.4. The minimum Gasteiger partial charge on any atom is -0.494 e. The Labute approximate surface area is 127 Å². The molecule has 0 saturated heterocycles. The van der Waals surface area contributed by atoms with E-state index in [1.54, 1.807) is 13.8 Å². The van der Waals surface area contributed by atoms with Gasteiger partial charge in [0.25, 0.3) is 11.6 Å². The van der Waals surface area contributed by atoms with E-state index in [-0.39, 0.29) is 23.0 Å². The highest BCUT2D eigenvalue weighted by atomic mass is 16.6. The molecule has 0 heterocycles. The summed E-state index contributed by atoms with van der Waals surface area (Å²) in [6.07, 6.45) is -0.991. The summed E-state index contributed by atoms with van der Waals surface area (Å²) in [5.74, 6) is -1.24. The Hall–Kier alpha value is -2.64. The van der Waals surface area contributed by atoms with Crippen molar-refractivity contribution in [2.45, 2.75) is 26.9 Å². The molecule has 1 amide bonds. The Morgan fingerprint density at radius 3 is 2.41 bits per heavy atom. The van der Waals surface area contributed by atoms with E-state index in [0.717, 1.165) is 0 Å². The van der Waals surface area contributed by atoms with Gasteiger partial charge in [-0.25, -0.2) is 0 Å². The fourth-order valence-corrected chi connectivity index (χ4v) is 1.49. The number of non-ortho nitro benzene ring substituents is 1. The standard InChI is InChI=1S/C14H18N2O6/c1-8(2)14(18)22-9(3)13(17)15-11-6-5-10(16(19)20)7-12(11)21-4/h5-9H,1-4H3,(H,15,17)/t9-/m0/s1. The first-order valence-electron chi connectivity index (χ1n) is 6.60. The lowest BCUT2D eigenvalue weighted by Gasteiger charge is -2.16. The van der Waals surface area contributed by atoms with Gasteiger partial charge in [0.1, 0.15) is 5.75 Å². The van der Waals surface area contributed by atoms with Crippen molar-refractivity contribution in [2.24, 2.45) is 5.92 Å². The second-order valence-corrected chi connectivity index (χ2v) is 4.86. The third-order valence-corrected chi connectivity index (χ3v) is 2.79. The van der Waals surface area contributed by atoms with Crippen LogP contribution >= 0.6 is 0 Å². The number of anilines is 1. The van der Waals surface area contributed by atoms with Crippen molar-refractivity contribution in [3.63, 3.8) is 0 Å². The molecule has 0 saturated carbocycles. The molecule has 1 atom stereocenters. The summed E-state index contributed by atoms with van der Waals surface area (Å²) in [4.78, 5) is 33.6. The van der Waals surface area contributed by atoms with Gasteiger partial charge in [0, 0.05) is 6.07 Å². The molecule has 120 valence electrons. The number of esters is 1. The number of ether oxygens (including phenoxy) is 2. The number of nitro benzene ring substituents is 1. The van der Waals surface area contributed by atoms with Crippen LogP contribution in [0.1, 0.15) is 20.8 Å². The Morgan fingerprint density at radius 1 is 1.27 bits per heavy atom. The van der Waals surface area contributed by atoms with Crippen molar-refractivity contribution in [2.75, 3.05) is 12.4 Å². The second-order valence-electron chi connectivity index (χ2n) is 4.86. The molecule has 1 N–H and O–H groups in total. The van der Waals surface area contributed by atoms with Gasteiger partial charge in [-0.1, -0.05) is 13.8 Å². The molecule has 0 aliphatic carbocycles. The van der Waals surface area contributed by atoms with Crippen LogP contribution in [0.25, 0.3) is 0 Å². The number of hydrogen-bond acceptors (Lipinski definition) is 6. The van der Waals surface area contributed by atoms with Crippen molar-refractivity contribution in [3.05, 3.63) is 28.3 Å². The number of benzene rings is 1. The van der Waals surface area contributed by atoms with Gasteiger partial charge >= 0.3 is 5.97 Å². The summed E-state index contributed by atoms with van der Waals surface area (Å²) in [7, 11) is 1.33. The van der Waals surface area contributed by atoms with Gasteiger partial charge in [0.15, 0.2) is 6.10 Å². The molecular weight excluding hydrogens is 292 g/mol. The van der Waals surface area contributed by atoms with E-state index in [0.29, 0.717) is 0 Å². The molecule has 0 unspecified atom stereocenters. The molecule has 1 aromatic carbocycles. The smallest absolute Gasteiger partial charge is 0.309 e. The molecule has 1 rings (SSSR count). The lowest BCUT2D eigenvalue weighted by molar-refractivity contribution is -0.384. The normalized spacial score (nSPS) is 11.7. The number of amides is 1. The number of methoxy groups -OCH3 is 1. The molecule has 0 radical (unpaired) electrons. The summed E-state index contributed by atoms with van der Waals surface area (Å²) in [5.41, 5.74) is 0.0969. The number of hydrogen-bond donors (Lipinski definition) is 1. The van der Waals surface area contributed by atoms with E-state index in [1.807, 2.05) is 0 Å². The van der Waals surface area contributed by atoms with Gasteiger partial charge < -0.3 is 14.8 Å². The van der Waals surface area contributed by atoms with Crippen LogP contribution in [0.4, 0.5) is 11.4 Å². The third kappa shape index (κ3) is 4.44. The van der Waals surface area contributed by atoms with Gasteiger partial charge in [-0.3, -0.25) is 19.7 Å². The van der Waals surface area contributed by atoms with Gasteiger partial charge in [0.05, 0.1) is 29.7 Å². The van der Waals surface area contributed by atoms with Crippen LogP contribution in [0, 0.1) is 16.0 Å². The number of carbonyl (C=O) groups excluding carboxylic acids is 2.